The second-order valence-electron chi connectivity index (χ2n) is 3.01. The summed E-state index contributed by atoms with van der Waals surface area (Å²) in [5, 5.41) is 0. The molecule has 0 aromatic heterocycles. The molecule has 0 aliphatic heterocycles. The van der Waals surface area contributed by atoms with E-state index in [1.165, 1.54) is 0 Å². The van der Waals surface area contributed by atoms with E-state index in [0.29, 0.717) is 12.1 Å². The molecule has 1 aliphatic rings. The molecule has 0 bridgehead atoms. The highest BCUT2D eigenvalue weighted by atomic mass is 19.3. The number of fused-ring (bicyclic) bond motifs is 1. The van der Waals surface area contributed by atoms with Gasteiger partial charge in [0.1, 0.15) is 11.6 Å². The lowest BCUT2D eigenvalue weighted by Gasteiger charge is -2.01. The quantitative estimate of drug-likeness (QED) is 0.492. The van der Waals surface area contributed by atoms with Crippen LogP contribution in [0, 0.1) is 11.6 Å². The molecule has 78 valence electrons. The number of hydrogen-bond acceptors (Lipinski definition) is 2. The van der Waals surface area contributed by atoms with Crippen LogP contribution in [-0.4, -0.2) is 17.5 Å². The topological polar surface area (TPSA) is 34.1 Å². The van der Waals surface area contributed by atoms with Gasteiger partial charge in [-0.25, -0.2) is 8.78 Å². The Morgan fingerprint density at radius 2 is 1.20 bits per heavy atom. The van der Waals surface area contributed by atoms with E-state index in [2.05, 4.69) is 0 Å². The predicted molar refractivity (Wildman–Crippen MR) is 40.0 cm³/mol. The second kappa shape index (κ2) is 2.65. The zero-order valence-electron chi connectivity index (χ0n) is 6.98. The van der Waals surface area contributed by atoms with Crippen LogP contribution in [0.3, 0.4) is 0 Å². The van der Waals surface area contributed by atoms with E-state index in [0.717, 1.165) is 0 Å². The van der Waals surface area contributed by atoms with Crippen LogP contribution in [0.5, 0.6) is 0 Å². The molecule has 0 atom stereocenters. The van der Waals surface area contributed by atoms with Crippen LogP contribution in [0.4, 0.5) is 17.6 Å². The molecule has 0 saturated carbocycles. The molecule has 0 N–H and O–H groups in total. The van der Waals surface area contributed by atoms with Crippen molar-refractivity contribution in [1.29, 1.82) is 0 Å². The summed E-state index contributed by atoms with van der Waals surface area (Å²) >= 11 is 0. The van der Waals surface area contributed by atoms with Gasteiger partial charge in [-0.2, -0.15) is 8.78 Å². The van der Waals surface area contributed by atoms with Crippen molar-refractivity contribution in [2.24, 2.45) is 0 Å². The van der Waals surface area contributed by atoms with E-state index in [1.807, 2.05) is 0 Å². The Labute approximate surface area is 80.5 Å². The molecule has 0 saturated heterocycles. The van der Waals surface area contributed by atoms with Gasteiger partial charge in [0.2, 0.25) is 11.6 Å². The normalized spacial score (nSPS) is 18.1. The highest BCUT2D eigenvalue weighted by Gasteiger charge is 2.57. The Balaban J connectivity index is 2.84. The zero-order valence-corrected chi connectivity index (χ0v) is 6.98. The molecule has 1 aromatic carbocycles. The van der Waals surface area contributed by atoms with Gasteiger partial charge in [0, 0.05) is 0 Å². The molecule has 0 heterocycles. The molecule has 0 spiro atoms. The van der Waals surface area contributed by atoms with Crippen molar-refractivity contribution >= 4 is 11.6 Å². The maximum atomic E-state index is 13.0. The van der Waals surface area contributed by atoms with Crippen LogP contribution < -0.4 is 0 Å². The van der Waals surface area contributed by atoms with Crippen molar-refractivity contribution in [2.45, 2.75) is 5.92 Å². The summed E-state index contributed by atoms with van der Waals surface area (Å²) < 4.78 is 51.6. The van der Waals surface area contributed by atoms with Crippen LogP contribution in [0.1, 0.15) is 20.7 Å². The molecule has 15 heavy (non-hydrogen) atoms. The van der Waals surface area contributed by atoms with Crippen molar-refractivity contribution in [3.63, 3.8) is 0 Å². The molecular formula is C9H2F4O2. The number of hydrogen-bond donors (Lipinski definition) is 0. The van der Waals surface area contributed by atoms with Gasteiger partial charge in [0.25, 0.3) is 0 Å². The van der Waals surface area contributed by atoms with Crippen LogP contribution in [-0.2, 0) is 0 Å². The molecule has 0 amide bonds. The lowest BCUT2D eigenvalue weighted by molar-refractivity contribution is 0.0186. The first-order chi connectivity index (χ1) is 6.87. The molecular weight excluding hydrogens is 216 g/mol. The number of rotatable bonds is 0. The van der Waals surface area contributed by atoms with Gasteiger partial charge in [-0.15, -0.1) is 0 Å². The van der Waals surface area contributed by atoms with Crippen molar-refractivity contribution in [1.82, 2.24) is 0 Å². The Bertz CT molecular complexity index is 450. The lowest BCUT2D eigenvalue weighted by Crippen LogP contribution is -2.30. The van der Waals surface area contributed by atoms with Gasteiger partial charge < -0.3 is 0 Å². The van der Waals surface area contributed by atoms with Gasteiger partial charge in [0.15, 0.2) is 0 Å². The zero-order chi connectivity index (χ0) is 11.4. The number of benzene rings is 1. The third-order valence-corrected chi connectivity index (χ3v) is 2.13. The minimum absolute atomic E-state index is 0.529. The molecule has 2 rings (SSSR count). The fourth-order valence-corrected chi connectivity index (χ4v) is 1.41. The van der Waals surface area contributed by atoms with Crippen LogP contribution in [0.15, 0.2) is 12.1 Å². The van der Waals surface area contributed by atoms with Gasteiger partial charge >= 0.3 is 5.92 Å². The Kier molecular flexibility index (Phi) is 1.74. The van der Waals surface area contributed by atoms with Gasteiger partial charge in [-0.3, -0.25) is 9.59 Å². The Hall–Kier alpha value is -1.72. The van der Waals surface area contributed by atoms with Crippen LogP contribution in [0.25, 0.3) is 0 Å². The minimum atomic E-state index is -4.36. The number of ketones is 2. The summed E-state index contributed by atoms with van der Waals surface area (Å²) in [7, 11) is 0. The smallest absolute Gasteiger partial charge is 0.287 e. The van der Waals surface area contributed by atoms with E-state index in [-0.39, 0.29) is 0 Å². The van der Waals surface area contributed by atoms with E-state index < -0.39 is 40.3 Å². The average molecular weight is 218 g/mol. The third-order valence-electron chi connectivity index (χ3n) is 2.13. The molecule has 0 fully saturated rings. The fourth-order valence-electron chi connectivity index (χ4n) is 1.41. The SMILES string of the molecule is O=C1c2c(F)ccc(F)c2C(=O)C1(F)F. The molecule has 1 aromatic rings. The summed E-state index contributed by atoms with van der Waals surface area (Å²) in [6, 6.07) is 1.06. The summed E-state index contributed by atoms with van der Waals surface area (Å²) in [4.78, 5) is 21.8. The lowest BCUT2D eigenvalue weighted by atomic mass is 10.1. The first-order valence-electron chi connectivity index (χ1n) is 3.82. The predicted octanol–water partition coefficient (Wildman–Crippen LogP) is 1.98. The van der Waals surface area contributed by atoms with Gasteiger partial charge in [-0.1, -0.05) is 0 Å². The summed E-state index contributed by atoms with van der Waals surface area (Å²) in [5.41, 5.74) is -2.32. The van der Waals surface area contributed by atoms with E-state index in [1.54, 1.807) is 0 Å². The second-order valence-corrected chi connectivity index (χ2v) is 3.01. The maximum Gasteiger partial charge on any atom is 0.371 e. The Morgan fingerprint density at radius 1 is 0.867 bits per heavy atom. The highest BCUT2D eigenvalue weighted by molar-refractivity contribution is 6.31. The monoisotopic (exact) mass is 218 g/mol. The number of carbonyl (C=O) groups excluding carboxylic acids is 2. The minimum Gasteiger partial charge on any atom is -0.287 e. The molecule has 1 aliphatic carbocycles. The average Bonchev–Trinajstić information content (AvgIpc) is 2.35. The van der Waals surface area contributed by atoms with Crippen molar-refractivity contribution in [2.75, 3.05) is 0 Å². The summed E-state index contributed by atoms with van der Waals surface area (Å²) in [6.45, 7) is 0. The fraction of sp³-hybridized carbons (Fsp3) is 0.111. The van der Waals surface area contributed by atoms with E-state index in [9.17, 15) is 27.2 Å². The number of alkyl halides is 2. The summed E-state index contributed by atoms with van der Waals surface area (Å²) in [5.74, 6) is -11.0. The molecule has 6 heteroatoms. The maximum absolute atomic E-state index is 13.0. The van der Waals surface area contributed by atoms with Crippen LogP contribution >= 0.6 is 0 Å². The number of Topliss-reactive ketones (excluding diaryl/α,β-unsaturated/α-hetero) is 2. The standard InChI is InChI=1S/C9H2F4O2/c10-3-1-2-4(11)6-5(3)7(14)9(12,13)8(6)15/h1-2H. The number of carbonyl (C=O) groups is 2. The summed E-state index contributed by atoms with van der Waals surface area (Å²) in [6.07, 6.45) is 0. The van der Waals surface area contributed by atoms with Gasteiger partial charge in [-0.05, 0) is 12.1 Å². The van der Waals surface area contributed by atoms with Crippen LogP contribution in [0.2, 0.25) is 0 Å². The first-order valence-corrected chi connectivity index (χ1v) is 3.82. The van der Waals surface area contributed by atoms with E-state index >= 15 is 0 Å². The van der Waals surface area contributed by atoms with Gasteiger partial charge in [0.05, 0.1) is 11.1 Å². The molecule has 0 radical (unpaired) electrons. The Morgan fingerprint density at radius 3 is 1.53 bits per heavy atom. The molecule has 2 nitrogen and oxygen atoms in total. The third kappa shape index (κ3) is 1.04. The van der Waals surface area contributed by atoms with Crippen molar-refractivity contribution < 1.29 is 27.2 Å². The first kappa shape index (κ1) is 9.82. The van der Waals surface area contributed by atoms with Crippen molar-refractivity contribution in [3.05, 3.63) is 34.9 Å². The largest absolute Gasteiger partial charge is 0.371 e. The van der Waals surface area contributed by atoms with E-state index in [4.69, 9.17) is 0 Å². The molecule has 0 unspecified atom stereocenters. The number of halogens is 4. The van der Waals surface area contributed by atoms with Crippen molar-refractivity contribution in [3.8, 4) is 0 Å². The highest BCUT2D eigenvalue weighted by Crippen LogP contribution is 2.36.